The highest BCUT2D eigenvalue weighted by atomic mass is 35.5. The predicted molar refractivity (Wildman–Crippen MR) is 141 cm³/mol. The molecule has 2 fully saturated rings. The van der Waals surface area contributed by atoms with Crippen molar-refractivity contribution in [3.05, 3.63) is 78.3 Å². The molecule has 0 atom stereocenters. The fourth-order valence-corrected chi connectivity index (χ4v) is 4.67. The van der Waals surface area contributed by atoms with Gasteiger partial charge >= 0.3 is 0 Å². The summed E-state index contributed by atoms with van der Waals surface area (Å²) in [6, 6.07) is 7.01. The molecule has 14 nitrogen and oxygen atoms in total. The molecular formula is C22H26Cl2N10O4. The first-order valence-corrected chi connectivity index (χ1v) is 12.7. The molecule has 202 valence electrons. The van der Waals surface area contributed by atoms with Crippen LogP contribution >= 0.6 is 23.2 Å². The molecule has 0 bridgehead atoms. The summed E-state index contributed by atoms with van der Waals surface area (Å²) < 4.78 is 0. The smallest absolute Gasteiger partial charge is 0.274 e. The van der Waals surface area contributed by atoms with Crippen LogP contribution in [0.4, 0.5) is 0 Å². The van der Waals surface area contributed by atoms with Crippen molar-refractivity contribution in [2.75, 3.05) is 39.3 Å². The highest BCUT2D eigenvalue weighted by Gasteiger charge is 2.31. The van der Waals surface area contributed by atoms with Gasteiger partial charge in [-0.25, -0.2) is 30.2 Å². The Hall–Kier alpha value is -3.78. The topological polar surface area (TPSA) is 150 Å². The number of halogens is 2. The lowest BCUT2D eigenvalue weighted by atomic mass is 10.2. The molecule has 0 spiro atoms. The summed E-state index contributed by atoms with van der Waals surface area (Å²) in [7, 11) is 0. The van der Waals surface area contributed by atoms with Crippen molar-refractivity contribution in [2.45, 2.75) is 25.9 Å². The molecule has 0 amide bonds. The maximum Gasteiger partial charge on any atom is 0.274 e. The van der Waals surface area contributed by atoms with Crippen LogP contribution in [0.5, 0.6) is 0 Å². The van der Waals surface area contributed by atoms with E-state index < -0.39 is 10.1 Å². The molecule has 0 aromatic carbocycles. The molecule has 4 rings (SSSR count). The van der Waals surface area contributed by atoms with Crippen molar-refractivity contribution in [3.8, 4) is 0 Å². The van der Waals surface area contributed by atoms with Crippen LogP contribution in [-0.4, -0.2) is 90.8 Å². The maximum atomic E-state index is 11.2. The lowest BCUT2D eigenvalue weighted by molar-refractivity contribution is -0.486. The molecule has 2 saturated heterocycles. The molecule has 0 saturated carbocycles. The van der Waals surface area contributed by atoms with Gasteiger partial charge in [-0.15, -0.1) is 0 Å². The van der Waals surface area contributed by atoms with Crippen LogP contribution in [0.2, 0.25) is 10.3 Å². The largest absolute Gasteiger partial charge is 0.336 e. The molecule has 16 heteroatoms. The Labute approximate surface area is 228 Å². The zero-order valence-electron chi connectivity index (χ0n) is 20.4. The third-order valence-corrected chi connectivity index (χ3v) is 6.63. The number of unbranched alkanes of at least 4 members (excludes halogenated alkanes) is 1. The van der Waals surface area contributed by atoms with E-state index in [0.717, 1.165) is 24.0 Å². The average Bonchev–Trinajstić information content (AvgIpc) is 3.42. The lowest BCUT2D eigenvalue weighted by Crippen LogP contribution is -2.36. The summed E-state index contributed by atoms with van der Waals surface area (Å²) in [4.78, 5) is 38.0. The van der Waals surface area contributed by atoms with Crippen LogP contribution in [0.1, 0.15) is 24.0 Å². The quantitative estimate of drug-likeness (QED) is 0.172. The monoisotopic (exact) mass is 564 g/mol. The first-order chi connectivity index (χ1) is 18.3. The summed E-state index contributed by atoms with van der Waals surface area (Å²) in [6.07, 6.45) is 4.72. The molecule has 38 heavy (non-hydrogen) atoms. The molecule has 2 aliphatic rings. The Balaban J connectivity index is 1.31. The number of hydrogen-bond donors (Lipinski definition) is 0. The third kappa shape index (κ3) is 7.38. The van der Waals surface area contributed by atoms with Crippen LogP contribution in [-0.2, 0) is 13.1 Å². The van der Waals surface area contributed by atoms with E-state index in [-0.39, 0.29) is 0 Å². The minimum atomic E-state index is -0.684. The van der Waals surface area contributed by atoms with Crippen molar-refractivity contribution in [1.82, 2.24) is 29.6 Å². The molecule has 0 N–H and O–H groups in total. The van der Waals surface area contributed by atoms with E-state index >= 15 is 0 Å². The Kier molecular flexibility index (Phi) is 9.07. The zero-order chi connectivity index (χ0) is 27.1. The molecule has 0 aliphatic carbocycles. The second-order valence-corrected chi connectivity index (χ2v) is 9.55. The fraction of sp³-hybridized carbons (Fsp3) is 0.455. The number of aromatic nitrogens is 2. The van der Waals surface area contributed by atoms with Crippen LogP contribution in [0.15, 0.2) is 46.9 Å². The van der Waals surface area contributed by atoms with E-state index in [9.17, 15) is 20.2 Å². The van der Waals surface area contributed by atoms with Crippen LogP contribution in [0.25, 0.3) is 0 Å². The SMILES string of the molecule is O=[N+]([O-])/N=C1\N(CCCCN2CCN(Cc3ccc(Cl)nc3)/C2=N/[N+](=O)[O-])CCN1Cc1ccc(Cl)nc1. The standard InChI is InChI=1S/C22H26Cl2N10O4/c23-19-5-3-17(13-25-19)15-31-11-9-29(21(31)27-33(35)36)7-1-2-8-30-10-12-32(22(30)28-34(37)38)16-18-4-6-20(24)26-14-18/h3-6,13-14H,1-2,7-12,15-16H2/b27-21+,28-22+. The summed E-state index contributed by atoms with van der Waals surface area (Å²) in [5, 5.41) is 29.0. The normalized spacial score (nSPS) is 17.7. The molecule has 2 aromatic rings. The van der Waals surface area contributed by atoms with Gasteiger partial charge in [0.15, 0.2) is 10.1 Å². The Morgan fingerprint density at radius 3 is 1.45 bits per heavy atom. The number of hydrazone groups is 2. The van der Waals surface area contributed by atoms with Crippen LogP contribution < -0.4 is 0 Å². The van der Waals surface area contributed by atoms with Gasteiger partial charge in [0.2, 0.25) is 0 Å². The fourth-order valence-electron chi connectivity index (χ4n) is 4.45. The highest BCUT2D eigenvalue weighted by Crippen LogP contribution is 2.18. The van der Waals surface area contributed by atoms with Gasteiger partial charge < -0.3 is 19.6 Å². The van der Waals surface area contributed by atoms with Gasteiger partial charge in [0.1, 0.15) is 20.5 Å². The van der Waals surface area contributed by atoms with Crippen molar-refractivity contribution < 1.29 is 10.1 Å². The zero-order valence-corrected chi connectivity index (χ0v) is 21.9. The van der Waals surface area contributed by atoms with E-state index in [2.05, 4.69) is 20.2 Å². The van der Waals surface area contributed by atoms with Gasteiger partial charge in [0.05, 0.1) is 0 Å². The van der Waals surface area contributed by atoms with E-state index in [1.165, 1.54) is 0 Å². The lowest BCUT2D eigenvalue weighted by Gasteiger charge is -2.22. The van der Waals surface area contributed by atoms with E-state index in [1.54, 1.807) is 24.5 Å². The maximum absolute atomic E-state index is 11.2. The van der Waals surface area contributed by atoms with Gasteiger partial charge in [-0.2, -0.15) is 0 Å². The van der Waals surface area contributed by atoms with Crippen LogP contribution in [0.3, 0.4) is 0 Å². The van der Waals surface area contributed by atoms with E-state index in [4.69, 9.17) is 23.2 Å². The second kappa shape index (κ2) is 12.6. The number of guanidine groups is 2. The number of rotatable bonds is 11. The van der Waals surface area contributed by atoms with Gasteiger partial charge in [-0.1, -0.05) is 35.3 Å². The van der Waals surface area contributed by atoms with Crippen molar-refractivity contribution in [3.63, 3.8) is 0 Å². The van der Waals surface area contributed by atoms with Gasteiger partial charge in [-0.3, -0.25) is 0 Å². The number of pyridine rings is 2. The first-order valence-electron chi connectivity index (χ1n) is 11.9. The number of nitro groups is 2. The average molecular weight is 565 g/mol. The number of hydrogen-bond acceptors (Lipinski definition) is 6. The Morgan fingerprint density at radius 1 is 0.711 bits per heavy atom. The minimum absolute atomic E-state index is 0.310. The Bertz CT molecular complexity index is 1100. The summed E-state index contributed by atoms with van der Waals surface area (Å²) in [5.74, 6) is 0.619. The number of nitrogens with zero attached hydrogens (tertiary/aromatic N) is 10. The predicted octanol–water partition coefficient (Wildman–Crippen LogP) is 2.59. The summed E-state index contributed by atoms with van der Waals surface area (Å²) in [6.45, 7) is 4.39. The van der Waals surface area contributed by atoms with Crippen molar-refractivity contribution >= 4 is 35.1 Å². The third-order valence-electron chi connectivity index (χ3n) is 6.18. The van der Waals surface area contributed by atoms with Gasteiger partial charge in [0, 0.05) is 64.8 Å². The molecule has 2 aromatic heterocycles. The molecule has 2 aliphatic heterocycles. The summed E-state index contributed by atoms with van der Waals surface area (Å²) >= 11 is 11.7. The molecule has 0 unspecified atom stereocenters. The van der Waals surface area contributed by atoms with E-state index in [1.807, 2.05) is 31.7 Å². The van der Waals surface area contributed by atoms with Crippen molar-refractivity contribution in [2.24, 2.45) is 10.2 Å². The second-order valence-electron chi connectivity index (χ2n) is 8.78. The van der Waals surface area contributed by atoms with Gasteiger partial charge in [-0.05, 0) is 36.1 Å². The highest BCUT2D eigenvalue weighted by molar-refractivity contribution is 6.29. The molecular weight excluding hydrogens is 539 g/mol. The minimum Gasteiger partial charge on any atom is -0.336 e. The first kappa shape index (κ1) is 27.3. The van der Waals surface area contributed by atoms with Crippen molar-refractivity contribution in [1.29, 1.82) is 0 Å². The molecule has 0 radical (unpaired) electrons. The molecule has 4 heterocycles. The van der Waals surface area contributed by atoms with Gasteiger partial charge in [0.25, 0.3) is 11.9 Å². The van der Waals surface area contributed by atoms with E-state index in [0.29, 0.717) is 74.6 Å². The Morgan fingerprint density at radius 2 is 1.11 bits per heavy atom. The summed E-state index contributed by atoms with van der Waals surface area (Å²) in [5.41, 5.74) is 1.75. The van der Waals surface area contributed by atoms with Crippen LogP contribution in [0, 0.1) is 20.2 Å².